The van der Waals surface area contributed by atoms with Crippen molar-refractivity contribution in [3.8, 4) is 0 Å². The van der Waals surface area contributed by atoms with Gasteiger partial charge in [0.05, 0.1) is 12.0 Å². The number of hydrogen-bond donors (Lipinski definition) is 6. The summed E-state index contributed by atoms with van der Waals surface area (Å²) in [5, 5.41) is 25.2. The summed E-state index contributed by atoms with van der Waals surface area (Å²) in [5.74, 6) is -0.390. The summed E-state index contributed by atoms with van der Waals surface area (Å²) in [6, 6.07) is 0. The fraction of sp³-hybridized carbons (Fsp3) is 0.778. The number of amides is 2. The molecule has 0 aromatic rings. The fourth-order valence-corrected chi connectivity index (χ4v) is 4.22. The second kappa shape index (κ2) is 11.3. The van der Waals surface area contributed by atoms with Gasteiger partial charge in [-0.25, -0.2) is 4.57 Å². The smallest absolute Gasteiger partial charge is 0.387 e. The Labute approximate surface area is 175 Å². The minimum absolute atomic E-state index is 0.365. The zero-order valence-electron chi connectivity index (χ0n) is 16.7. The number of phosphoric ester groups is 1. The molecule has 2 rings (SSSR count). The minimum Gasteiger partial charge on any atom is -0.387 e. The number of ether oxygens (including phenoxy) is 1. The van der Waals surface area contributed by atoms with E-state index in [0.717, 1.165) is 38.5 Å². The van der Waals surface area contributed by atoms with Crippen LogP contribution in [0.1, 0.15) is 51.4 Å². The monoisotopic (exact) mass is 450 g/mol. The summed E-state index contributed by atoms with van der Waals surface area (Å²) in [6.45, 7) is -0.601. The van der Waals surface area contributed by atoms with Crippen molar-refractivity contribution < 1.29 is 43.4 Å². The molecule has 2 amide bonds. The Morgan fingerprint density at radius 2 is 1.70 bits per heavy atom. The average molecular weight is 450 g/mol. The van der Waals surface area contributed by atoms with Crippen molar-refractivity contribution in [2.45, 2.75) is 75.9 Å². The predicted octanol–water partition coefficient (Wildman–Crippen LogP) is 0.0391. The fourth-order valence-electron chi connectivity index (χ4n) is 3.88. The van der Waals surface area contributed by atoms with E-state index in [1.807, 2.05) is 0 Å². The normalized spacial score (nSPS) is 30.3. The van der Waals surface area contributed by atoms with E-state index in [-0.39, 0.29) is 0 Å². The highest BCUT2D eigenvalue weighted by atomic mass is 31.2. The summed E-state index contributed by atoms with van der Waals surface area (Å²) in [6.07, 6.45) is 5.47. The van der Waals surface area contributed by atoms with Crippen molar-refractivity contribution in [1.82, 2.24) is 10.6 Å². The van der Waals surface area contributed by atoms with Gasteiger partial charge in [-0.05, 0) is 19.0 Å². The molecule has 30 heavy (non-hydrogen) atoms. The summed E-state index contributed by atoms with van der Waals surface area (Å²) in [7, 11) is -4.74. The molecular formula is C18H31N2O9P. The van der Waals surface area contributed by atoms with Crippen LogP contribution in [0.5, 0.6) is 0 Å². The first-order chi connectivity index (χ1) is 14.2. The largest absolute Gasteiger partial charge is 0.469 e. The number of rotatable bonds is 8. The van der Waals surface area contributed by atoms with Crippen LogP contribution in [-0.4, -0.2) is 63.5 Å². The van der Waals surface area contributed by atoms with Crippen molar-refractivity contribution in [1.29, 1.82) is 0 Å². The number of aliphatic hydroxyl groups excluding tert-OH is 2. The molecular weight excluding hydrogens is 419 g/mol. The third-order valence-electron chi connectivity index (χ3n) is 5.57. The Bertz CT molecular complexity index is 644. The lowest BCUT2D eigenvalue weighted by atomic mass is 9.77. The molecule has 0 radical (unpaired) electrons. The topological polar surface area (TPSA) is 175 Å². The molecule has 2 fully saturated rings. The lowest BCUT2D eigenvalue weighted by molar-refractivity contribution is -0.132. The maximum Gasteiger partial charge on any atom is 0.469 e. The molecule has 11 nitrogen and oxygen atoms in total. The number of phosphoric acid groups is 1. The highest BCUT2D eigenvalue weighted by Gasteiger charge is 2.43. The first kappa shape index (κ1) is 24.9. The third kappa shape index (κ3) is 7.12. The quantitative estimate of drug-likeness (QED) is 0.219. The van der Waals surface area contributed by atoms with Gasteiger partial charge in [0.25, 0.3) is 0 Å². The maximum absolute atomic E-state index is 12.6. The Hall–Kier alpha value is -1.33. The summed E-state index contributed by atoms with van der Waals surface area (Å²) in [4.78, 5) is 41.0. The van der Waals surface area contributed by atoms with Crippen molar-refractivity contribution in [2.75, 3.05) is 6.61 Å². The SMILES string of the molecule is O=CNC(=O)C1(/C=C\NC2OC(COP(=O)(O)O)C(O)C2O)CCCCCCCC1. The number of imide groups is 1. The van der Waals surface area contributed by atoms with Crippen molar-refractivity contribution in [3.63, 3.8) is 0 Å². The van der Waals surface area contributed by atoms with Gasteiger partial charge in [-0.1, -0.05) is 44.6 Å². The van der Waals surface area contributed by atoms with Crippen molar-refractivity contribution in [3.05, 3.63) is 12.3 Å². The van der Waals surface area contributed by atoms with Gasteiger partial charge in [0.1, 0.15) is 18.3 Å². The molecule has 0 aromatic heterocycles. The Balaban J connectivity index is 2.05. The third-order valence-corrected chi connectivity index (χ3v) is 6.06. The molecule has 4 atom stereocenters. The van der Waals surface area contributed by atoms with E-state index in [1.54, 1.807) is 6.08 Å². The van der Waals surface area contributed by atoms with Gasteiger partial charge in [-0.3, -0.25) is 19.4 Å². The molecule has 1 saturated heterocycles. The minimum atomic E-state index is -4.74. The van der Waals surface area contributed by atoms with Crippen LogP contribution in [0.25, 0.3) is 0 Å². The standard InChI is InChI=1S/C18H31N2O9P/c21-12-20-17(24)18(7-5-3-1-2-4-6-8-18)9-10-19-16-15(23)14(22)13(29-16)11-28-30(25,26)27/h9-10,12-16,19,22-23H,1-8,11H2,(H,20,21,24)(H2,25,26,27)/b10-9-. The Kier molecular flexibility index (Phi) is 9.42. The van der Waals surface area contributed by atoms with Crippen molar-refractivity contribution >= 4 is 20.1 Å². The molecule has 0 spiro atoms. The van der Waals surface area contributed by atoms with Crippen LogP contribution in [0, 0.1) is 5.41 Å². The van der Waals surface area contributed by atoms with Gasteiger partial charge >= 0.3 is 7.82 Å². The molecule has 4 unspecified atom stereocenters. The van der Waals surface area contributed by atoms with E-state index < -0.39 is 50.3 Å². The summed E-state index contributed by atoms with van der Waals surface area (Å²) in [5.41, 5.74) is -0.886. The molecule has 0 bridgehead atoms. The molecule has 1 aliphatic carbocycles. The molecule has 172 valence electrons. The second-order valence-electron chi connectivity index (χ2n) is 7.73. The second-order valence-corrected chi connectivity index (χ2v) is 8.97. The van der Waals surface area contributed by atoms with E-state index in [9.17, 15) is 24.4 Å². The summed E-state index contributed by atoms with van der Waals surface area (Å²) < 4.78 is 20.5. The van der Waals surface area contributed by atoms with E-state index in [2.05, 4.69) is 15.2 Å². The number of carbonyl (C=O) groups is 2. The number of carbonyl (C=O) groups excluding carboxylic acids is 2. The van der Waals surface area contributed by atoms with Crippen molar-refractivity contribution in [2.24, 2.45) is 5.41 Å². The van der Waals surface area contributed by atoms with Crippen LogP contribution < -0.4 is 10.6 Å². The van der Waals surface area contributed by atoms with Crippen LogP contribution in [-0.2, 0) is 23.4 Å². The number of nitrogens with one attached hydrogen (secondary N) is 2. The van der Waals surface area contributed by atoms with Gasteiger partial charge in [-0.2, -0.15) is 0 Å². The lowest BCUT2D eigenvalue weighted by Crippen LogP contribution is -2.41. The molecule has 1 heterocycles. The highest BCUT2D eigenvalue weighted by Crippen LogP contribution is 2.37. The van der Waals surface area contributed by atoms with E-state index in [4.69, 9.17) is 14.5 Å². The molecule has 2 aliphatic rings. The van der Waals surface area contributed by atoms with Gasteiger partial charge in [0.2, 0.25) is 12.3 Å². The van der Waals surface area contributed by atoms with Gasteiger partial charge in [-0.15, -0.1) is 0 Å². The molecule has 1 saturated carbocycles. The summed E-state index contributed by atoms with van der Waals surface area (Å²) >= 11 is 0. The van der Waals surface area contributed by atoms with Crippen LogP contribution in [0.15, 0.2) is 12.3 Å². The lowest BCUT2D eigenvalue weighted by Gasteiger charge is -2.28. The molecule has 0 aromatic carbocycles. The number of hydrogen-bond acceptors (Lipinski definition) is 8. The highest BCUT2D eigenvalue weighted by molar-refractivity contribution is 7.46. The van der Waals surface area contributed by atoms with Gasteiger partial charge in [0, 0.05) is 0 Å². The van der Waals surface area contributed by atoms with Gasteiger partial charge in [0.15, 0.2) is 6.23 Å². The van der Waals surface area contributed by atoms with Crippen LogP contribution in [0.3, 0.4) is 0 Å². The first-order valence-electron chi connectivity index (χ1n) is 10.1. The zero-order chi connectivity index (χ0) is 22.2. The maximum atomic E-state index is 12.6. The first-order valence-corrected chi connectivity index (χ1v) is 11.6. The molecule has 1 aliphatic heterocycles. The van der Waals surface area contributed by atoms with E-state index >= 15 is 0 Å². The van der Waals surface area contributed by atoms with Crippen LogP contribution in [0.4, 0.5) is 0 Å². The van der Waals surface area contributed by atoms with Gasteiger partial charge < -0.3 is 30.1 Å². The zero-order valence-corrected chi connectivity index (χ0v) is 17.6. The Morgan fingerprint density at radius 3 is 2.27 bits per heavy atom. The Morgan fingerprint density at radius 1 is 1.10 bits per heavy atom. The van der Waals surface area contributed by atoms with Crippen LogP contribution >= 0.6 is 7.82 Å². The molecule has 12 heteroatoms. The predicted molar refractivity (Wildman–Crippen MR) is 105 cm³/mol. The van der Waals surface area contributed by atoms with E-state index in [0.29, 0.717) is 19.3 Å². The molecule has 6 N–H and O–H groups in total. The van der Waals surface area contributed by atoms with E-state index in [1.165, 1.54) is 6.20 Å². The average Bonchev–Trinajstić information content (AvgIpc) is 3.01. The van der Waals surface area contributed by atoms with Crippen LogP contribution in [0.2, 0.25) is 0 Å². The number of aliphatic hydroxyl groups is 2.